The van der Waals surface area contributed by atoms with E-state index in [1.165, 1.54) is 31.5 Å². The van der Waals surface area contributed by atoms with Crippen LogP contribution in [0.4, 0.5) is 0 Å². The molecule has 0 aromatic heterocycles. The molecule has 6 heteroatoms. The minimum absolute atomic E-state index is 0.124. The zero-order valence-corrected chi connectivity index (χ0v) is 17.5. The predicted octanol–water partition coefficient (Wildman–Crippen LogP) is 1.59. The van der Waals surface area contributed by atoms with Crippen LogP contribution in [0.5, 0.6) is 0 Å². The summed E-state index contributed by atoms with van der Waals surface area (Å²) >= 11 is 0. The van der Waals surface area contributed by atoms with Crippen LogP contribution in [-0.2, 0) is 9.53 Å². The molecule has 2 aliphatic heterocycles. The summed E-state index contributed by atoms with van der Waals surface area (Å²) in [5.74, 6) is 0.124. The SMILES string of the molecule is CC(NCCOCC(=O)N1CCN(C2CCN(C)CC2)CC1)c1ccccc1. The third kappa shape index (κ3) is 6.27. The van der Waals surface area contributed by atoms with E-state index < -0.39 is 0 Å². The molecule has 0 bridgehead atoms. The van der Waals surface area contributed by atoms with Gasteiger partial charge < -0.3 is 19.9 Å². The Morgan fingerprint density at radius 3 is 2.46 bits per heavy atom. The molecule has 1 atom stereocenters. The summed E-state index contributed by atoms with van der Waals surface area (Å²) in [5, 5.41) is 3.44. The van der Waals surface area contributed by atoms with Gasteiger partial charge in [-0.25, -0.2) is 0 Å². The number of benzene rings is 1. The molecule has 0 radical (unpaired) electrons. The molecule has 2 heterocycles. The van der Waals surface area contributed by atoms with Crippen molar-refractivity contribution in [3.8, 4) is 0 Å². The highest BCUT2D eigenvalue weighted by Crippen LogP contribution is 2.17. The monoisotopic (exact) mass is 388 g/mol. The molecule has 1 unspecified atom stereocenters. The predicted molar refractivity (Wildman–Crippen MR) is 112 cm³/mol. The number of rotatable bonds is 8. The molecular weight excluding hydrogens is 352 g/mol. The average Bonchev–Trinajstić information content (AvgIpc) is 2.74. The normalized spacial score (nSPS) is 21.0. The molecule has 2 saturated heterocycles. The number of carbonyl (C=O) groups excluding carboxylic acids is 1. The Morgan fingerprint density at radius 2 is 1.79 bits per heavy atom. The lowest BCUT2D eigenvalue weighted by molar-refractivity contribution is -0.138. The van der Waals surface area contributed by atoms with E-state index in [0.29, 0.717) is 12.6 Å². The second-order valence-electron chi connectivity index (χ2n) is 8.09. The van der Waals surface area contributed by atoms with Crippen molar-refractivity contribution in [2.45, 2.75) is 31.8 Å². The summed E-state index contributed by atoms with van der Waals surface area (Å²) in [6.45, 7) is 9.66. The first-order valence-corrected chi connectivity index (χ1v) is 10.7. The van der Waals surface area contributed by atoms with E-state index >= 15 is 0 Å². The first-order chi connectivity index (χ1) is 13.6. The van der Waals surface area contributed by atoms with E-state index in [1.54, 1.807) is 0 Å². The topological polar surface area (TPSA) is 48.1 Å². The van der Waals surface area contributed by atoms with Crippen molar-refractivity contribution >= 4 is 5.91 Å². The molecule has 0 spiro atoms. The molecule has 28 heavy (non-hydrogen) atoms. The van der Waals surface area contributed by atoms with Crippen LogP contribution in [0, 0.1) is 0 Å². The third-order valence-corrected chi connectivity index (χ3v) is 6.09. The first-order valence-electron chi connectivity index (χ1n) is 10.7. The fourth-order valence-corrected chi connectivity index (χ4v) is 4.15. The molecule has 6 nitrogen and oxygen atoms in total. The molecule has 1 aromatic rings. The number of nitrogens with zero attached hydrogens (tertiary/aromatic N) is 3. The van der Waals surface area contributed by atoms with Gasteiger partial charge in [0.1, 0.15) is 6.61 Å². The summed E-state index contributed by atoms with van der Waals surface area (Å²) < 4.78 is 5.62. The Bertz CT molecular complexity index is 581. The number of piperazine rings is 1. The highest BCUT2D eigenvalue weighted by Gasteiger charge is 2.27. The van der Waals surface area contributed by atoms with Crippen molar-refractivity contribution in [3.05, 3.63) is 35.9 Å². The Labute approximate surface area is 169 Å². The Hall–Kier alpha value is -1.47. The molecular formula is C22H36N4O2. The smallest absolute Gasteiger partial charge is 0.248 e. The van der Waals surface area contributed by atoms with Crippen LogP contribution < -0.4 is 5.32 Å². The summed E-state index contributed by atoms with van der Waals surface area (Å²) in [6, 6.07) is 11.3. The van der Waals surface area contributed by atoms with Crippen LogP contribution in [0.2, 0.25) is 0 Å². The van der Waals surface area contributed by atoms with Crippen LogP contribution in [-0.4, -0.2) is 92.7 Å². The summed E-state index contributed by atoms with van der Waals surface area (Å²) in [6.07, 6.45) is 2.50. The van der Waals surface area contributed by atoms with E-state index in [2.05, 4.69) is 53.4 Å². The average molecular weight is 389 g/mol. The number of amides is 1. The van der Waals surface area contributed by atoms with Gasteiger partial charge in [0.2, 0.25) is 5.91 Å². The van der Waals surface area contributed by atoms with Crippen molar-refractivity contribution in [3.63, 3.8) is 0 Å². The van der Waals surface area contributed by atoms with Gasteiger partial charge in [-0.15, -0.1) is 0 Å². The van der Waals surface area contributed by atoms with Crippen molar-refractivity contribution in [1.82, 2.24) is 20.0 Å². The molecule has 1 N–H and O–H groups in total. The molecule has 0 aliphatic carbocycles. The molecule has 3 rings (SSSR count). The summed E-state index contributed by atoms with van der Waals surface area (Å²) in [4.78, 5) is 19.3. The number of ether oxygens (including phenoxy) is 1. The van der Waals surface area contributed by atoms with Gasteiger partial charge in [0.15, 0.2) is 0 Å². The molecule has 1 amide bonds. The molecule has 156 valence electrons. The zero-order valence-electron chi connectivity index (χ0n) is 17.5. The van der Waals surface area contributed by atoms with Gasteiger partial charge in [-0.3, -0.25) is 9.69 Å². The Kier molecular flexibility index (Phi) is 8.27. The van der Waals surface area contributed by atoms with E-state index in [-0.39, 0.29) is 18.6 Å². The maximum atomic E-state index is 12.4. The van der Waals surface area contributed by atoms with E-state index in [9.17, 15) is 4.79 Å². The fraction of sp³-hybridized carbons (Fsp3) is 0.682. The number of likely N-dealkylation sites (tertiary alicyclic amines) is 1. The van der Waals surface area contributed by atoms with Gasteiger partial charge in [0.05, 0.1) is 6.61 Å². The number of nitrogens with one attached hydrogen (secondary N) is 1. The maximum absolute atomic E-state index is 12.4. The van der Waals surface area contributed by atoms with E-state index in [1.807, 2.05) is 11.0 Å². The largest absolute Gasteiger partial charge is 0.370 e. The second-order valence-corrected chi connectivity index (χ2v) is 8.09. The molecule has 0 saturated carbocycles. The summed E-state index contributed by atoms with van der Waals surface area (Å²) in [5.41, 5.74) is 1.26. The standard InChI is InChI=1S/C22H36N4O2/c1-19(20-6-4-3-5-7-20)23-10-17-28-18-22(27)26-15-13-25(14-16-26)21-8-11-24(2)12-9-21/h3-7,19,21,23H,8-18H2,1-2H3. The van der Waals surface area contributed by atoms with Gasteiger partial charge in [-0.2, -0.15) is 0 Å². The maximum Gasteiger partial charge on any atom is 0.248 e. The molecule has 2 fully saturated rings. The zero-order chi connectivity index (χ0) is 19.8. The lowest BCUT2D eigenvalue weighted by atomic mass is 10.0. The number of carbonyl (C=O) groups is 1. The Morgan fingerprint density at radius 1 is 1.11 bits per heavy atom. The van der Waals surface area contributed by atoms with Gasteiger partial charge in [0, 0.05) is 44.8 Å². The molecule has 2 aliphatic rings. The van der Waals surface area contributed by atoms with Crippen LogP contribution >= 0.6 is 0 Å². The molecule has 1 aromatic carbocycles. The third-order valence-electron chi connectivity index (χ3n) is 6.09. The van der Waals surface area contributed by atoms with Gasteiger partial charge in [-0.05, 0) is 45.5 Å². The van der Waals surface area contributed by atoms with Gasteiger partial charge >= 0.3 is 0 Å². The second kappa shape index (κ2) is 10.9. The van der Waals surface area contributed by atoms with Gasteiger partial charge in [0.25, 0.3) is 0 Å². The van der Waals surface area contributed by atoms with Crippen LogP contribution in [0.3, 0.4) is 0 Å². The minimum atomic E-state index is 0.124. The lowest BCUT2D eigenvalue weighted by Gasteiger charge is -2.42. The Balaban J connectivity index is 1.27. The van der Waals surface area contributed by atoms with Crippen molar-refractivity contribution in [2.24, 2.45) is 0 Å². The lowest BCUT2D eigenvalue weighted by Crippen LogP contribution is -2.54. The van der Waals surface area contributed by atoms with E-state index in [4.69, 9.17) is 4.74 Å². The van der Waals surface area contributed by atoms with E-state index in [0.717, 1.165) is 32.7 Å². The minimum Gasteiger partial charge on any atom is -0.370 e. The van der Waals surface area contributed by atoms with Crippen molar-refractivity contribution < 1.29 is 9.53 Å². The van der Waals surface area contributed by atoms with Crippen LogP contribution in [0.15, 0.2) is 30.3 Å². The van der Waals surface area contributed by atoms with Crippen molar-refractivity contribution in [1.29, 1.82) is 0 Å². The quantitative estimate of drug-likeness (QED) is 0.686. The van der Waals surface area contributed by atoms with Gasteiger partial charge in [-0.1, -0.05) is 30.3 Å². The highest BCUT2D eigenvalue weighted by molar-refractivity contribution is 5.77. The highest BCUT2D eigenvalue weighted by atomic mass is 16.5. The van der Waals surface area contributed by atoms with Crippen molar-refractivity contribution in [2.75, 3.05) is 66.1 Å². The summed E-state index contributed by atoms with van der Waals surface area (Å²) in [7, 11) is 2.20. The van der Waals surface area contributed by atoms with Crippen LogP contribution in [0.1, 0.15) is 31.4 Å². The number of hydrogen-bond acceptors (Lipinski definition) is 5. The number of piperidine rings is 1. The van der Waals surface area contributed by atoms with Crippen LogP contribution in [0.25, 0.3) is 0 Å². The number of hydrogen-bond donors (Lipinski definition) is 1. The fourth-order valence-electron chi connectivity index (χ4n) is 4.15. The first kappa shape index (κ1) is 21.2.